The van der Waals surface area contributed by atoms with Gasteiger partial charge in [0.1, 0.15) is 16.5 Å². The minimum atomic E-state index is 0.0656. The Bertz CT molecular complexity index is 453. The van der Waals surface area contributed by atoms with Crippen LogP contribution in [0.4, 0.5) is 0 Å². The molecule has 2 rings (SSSR count). The van der Waals surface area contributed by atoms with Gasteiger partial charge in [0.2, 0.25) is 0 Å². The molecule has 0 spiro atoms. The van der Waals surface area contributed by atoms with Gasteiger partial charge in [0.25, 0.3) is 0 Å². The fourth-order valence-corrected chi connectivity index (χ4v) is 3.46. The highest BCUT2D eigenvalue weighted by molar-refractivity contribution is 9.09. The Hall–Kier alpha value is -0.450. The van der Waals surface area contributed by atoms with Crippen molar-refractivity contribution in [1.29, 1.82) is 0 Å². The van der Waals surface area contributed by atoms with Crippen molar-refractivity contribution in [3.63, 3.8) is 0 Å². The molecule has 1 saturated heterocycles. The lowest BCUT2D eigenvalue weighted by Gasteiger charge is -2.21. The molecule has 0 bridgehead atoms. The topological polar surface area (TPSA) is 27.7 Å². The van der Waals surface area contributed by atoms with Crippen molar-refractivity contribution in [2.75, 3.05) is 14.2 Å². The quantitative estimate of drug-likeness (QED) is 0.756. The Morgan fingerprint density at radius 2 is 2.05 bits per heavy atom. The molecule has 3 atom stereocenters. The van der Waals surface area contributed by atoms with Crippen molar-refractivity contribution in [2.45, 2.75) is 36.8 Å². The van der Waals surface area contributed by atoms with Crippen molar-refractivity contribution >= 4 is 27.5 Å². The van der Waals surface area contributed by atoms with Crippen LogP contribution in [0.2, 0.25) is 5.02 Å². The number of alkyl halides is 1. The normalized spacial score (nSPS) is 24.3. The number of halogens is 2. The first-order valence-electron chi connectivity index (χ1n) is 6.28. The van der Waals surface area contributed by atoms with Gasteiger partial charge in [-0.05, 0) is 25.8 Å². The Labute approximate surface area is 127 Å². The van der Waals surface area contributed by atoms with Crippen LogP contribution < -0.4 is 9.47 Å². The van der Waals surface area contributed by atoms with Crippen LogP contribution in [0, 0.1) is 0 Å². The molecule has 0 N–H and O–H groups in total. The van der Waals surface area contributed by atoms with Crippen LogP contribution in [0.5, 0.6) is 11.5 Å². The third-order valence-corrected chi connectivity index (χ3v) is 4.85. The molecule has 0 saturated carbocycles. The summed E-state index contributed by atoms with van der Waals surface area (Å²) in [6.07, 6.45) is 2.57. The van der Waals surface area contributed by atoms with Gasteiger partial charge in [-0.2, -0.15) is 0 Å². The second kappa shape index (κ2) is 6.33. The van der Waals surface area contributed by atoms with Crippen molar-refractivity contribution in [1.82, 2.24) is 0 Å². The fourth-order valence-electron chi connectivity index (χ4n) is 2.38. The van der Waals surface area contributed by atoms with Gasteiger partial charge in [0.05, 0.1) is 31.3 Å². The predicted molar refractivity (Wildman–Crippen MR) is 79.8 cm³/mol. The molecule has 19 heavy (non-hydrogen) atoms. The van der Waals surface area contributed by atoms with E-state index in [1.165, 1.54) is 0 Å². The molecule has 0 aliphatic carbocycles. The number of rotatable bonds is 4. The Balaban J connectivity index is 2.31. The van der Waals surface area contributed by atoms with Gasteiger partial charge in [0, 0.05) is 5.56 Å². The second-order valence-electron chi connectivity index (χ2n) is 4.67. The molecular formula is C14H18BrClO3. The van der Waals surface area contributed by atoms with Gasteiger partial charge in [-0.25, -0.2) is 0 Å². The Kier molecular flexibility index (Phi) is 4.98. The number of hydrogen-bond acceptors (Lipinski definition) is 3. The molecular weight excluding hydrogens is 332 g/mol. The first kappa shape index (κ1) is 14.9. The van der Waals surface area contributed by atoms with E-state index in [9.17, 15) is 0 Å². The summed E-state index contributed by atoms with van der Waals surface area (Å²) in [5.74, 6) is 1.26. The number of methoxy groups -OCH3 is 2. The van der Waals surface area contributed by atoms with Crippen molar-refractivity contribution in [2.24, 2.45) is 0 Å². The molecule has 106 valence electrons. The Morgan fingerprint density at radius 3 is 2.58 bits per heavy atom. The highest BCUT2D eigenvalue weighted by Gasteiger charge is 2.31. The summed E-state index contributed by atoms with van der Waals surface area (Å²) in [7, 11) is 3.20. The molecule has 1 aliphatic heterocycles. The molecule has 5 heteroatoms. The average Bonchev–Trinajstić information content (AvgIpc) is 2.84. The van der Waals surface area contributed by atoms with Crippen molar-refractivity contribution in [3.05, 3.63) is 22.7 Å². The lowest BCUT2D eigenvalue weighted by atomic mass is 10.0. The SMILES string of the molecule is COc1ccc(C(Br)C2CCC(C)O2)c(OC)c1Cl. The van der Waals surface area contributed by atoms with Gasteiger partial charge >= 0.3 is 0 Å². The van der Waals surface area contributed by atoms with E-state index >= 15 is 0 Å². The third-order valence-electron chi connectivity index (χ3n) is 3.40. The minimum absolute atomic E-state index is 0.0656. The predicted octanol–water partition coefficient (Wildman–Crippen LogP) is 4.36. The Morgan fingerprint density at radius 1 is 1.32 bits per heavy atom. The average molecular weight is 350 g/mol. The van der Waals surface area contributed by atoms with Gasteiger partial charge in [-0.15, -0.1) is 0 Å². The molecule has 1 aromatic carbocycles. The van der Waals surface area contributed by atoms with E-state index in [-0.39, 0.29) is 10.9 Å². The molecule has 1 aliphatic rings. The van der Waals surface area contributed by atoms with E-state index in [2.05, 4.69) is 22.9 Å². The van der Waals surface area contributed by atoms with E-state index in [0.717, 1.165) is 18.4 Å². The second-order valence-corrected chi connectivity index (χ2v) is 6.03. The van der Waals surface area contributed by atoms with Crippen LogP contribution >= 0.6 is 27.5 Å². The minimum Gasteiger partial charge on any atom is -0.495 e. The van der Waals surface area contributed by atoms with E-state index in [1.54, 1.807) is 14.2 Å². The number of ether oxygens (including phenoxy) is 3. The van der Waals surface area contributed by atoms with E-state index in [0.29, 0.717) is 22.6 Å². The highest BCUT2D eigenvalue weighted by Crippen LogP contribution is 2.45. The zero-order valence-electron chi connectivity index (χ0n) is 11.3. The van der Waals surface area contributed by atoms with E-state index in [1.807, 2.05) is 12.1 Å². The largest absolute Gasteiger partial charge is 0.495 e. The maximum atomic E-state index is 6.28. The highest BCUT2D eigenvalue weighted by atomic mass is 79.9. The molecule has 0 radical (unpaired) electrons. The standard InChI is InChI=1S/C14H18BrClO3/c1-8-4-6-10(19-8)12(15)9-5-7-11(17-2)13(16)14(9)18-3/h5,7-8,10,12H,4,6H2,1-3H3. The monoisotopic (exact) mass is 348 g/mol. The van der Waals surface area contributed by atoms with Crippen LogP contribution in [0.25, 0.3) is 0 Å². The number of hydrogen-bond donors (Lipinski definition) is 0. The zero-order valence-corrected chi connectivity index (χ0v) is 13.6. The molecule has 3 unspecified atom stereocenters. The van der Waals surface area contributed by atoms with Crippen molar-refractivity contribution in [3.8, 4) is 11.5 Å². The summed E-state index contributed by atoms with van der Waals surface area (Å²) in [4.78, 5) is 0.0656. The molecule has 3 nitrogen and oxygen atoms in total. The molecule has 1 heterocycles. The van der Waals surface area contributed by atoms with Crippen LogP contribution in [-0.2, 0) is 4.74 Å². The summed E-state index contributed by atoms with van der Waals surface area (Å²) < 4.78 is 16.5. The maximum Gasteiger partial charge on any atom is 0.145 e. The van der Waals surface area contributed by atoms with Crippen LogP contribution in [-0.4, -0.2) is 26.4 Å². The van der Waals surface area contributed by atoms with Gasteiger partial charge in [-0.1, -0.05) is 33.6 Å². The van der Waals surface area contributed by atoms with Gasteiger partial charge < -0.3 is 14.2 Å². The summed E-state index contributed by atoms with van der Waals surface area (Å²) in [5, 5.41) is 0.498. The summed E-state index contributed by atoms with van der Waals surface area (Å²) >= 11 is 9.99. The maximum absolute atomic E-state index is 6.28. The molecule has 0 amide bonds. The lowest BCUT2D eigenvalue weighted by Crippen LogP contribution is -2.15. The van der Waals surface area contributed by atoms with Crippen LogP contribution in [0.3, 0.4) is 0 Å². The molecule has 0 aromatic heterocycles. The van der Waals surface area contributed by atoms with Crippen LogP contribution in [0.15, 0.2) is 12.1 Å². The van der Waals surface area contributed by atoms with E-state index in [4.69, 9.17) is 25.8 Å². The molecule has 1 aromatic rings. The first-order chi connectivity index (χ1) is 9.08. The van der Waals surface area contributed by atoms with E-state index < -0.39 is 0 Å². The van der Waals surface area contributed by atoms with Crippen LogP contribution in [0.1, 0.15) is 30.2 Å². The summed E-state index contributed by atoms with van der Waals surface area (Å²) in [6, 6.07) is 3.82. The summed E-state index contributed by atoms with van der Waals surface area (Å²) in [5.41, 5.74) is 0.993. The van der Waals surface area contributed by atoms with Gasteiger partial charge in [0.15, 0.2) is 0 Å². The molecule has 1 fully saturated rings. The number of benzene rings is 1. The van der Waals surface area contributed by atoms with Crippen molar-refractivity contribution < 1.29 is 14.2 Å². The lowest BCUT2D eigenvalue weighted by molar-refractivity contribution is 0.0553. The summed E-state index contributed by atoms with van der Waals surface area (Å²) in [6.45, 7) is 2.10. The van der Waals surface area contributed by atoms with Gasteiger partial charge in [-0.3, -0.25) is 0 Å². The zero-order chi connectivity index (χ0) is 14.0. The smallest absolute Gasteiger partial charge is 0.145 e. The third kappa shape index (κ3) is 3.01. The fraction of sp³-hybridized carbons (Fsp3) is 0.571. The first-order valence-corrected chi connectivity index (χ1v) is 7.57.